The highest BCUT2D eigenvalue weighted by Crippen LogP contribution is 2.22. The molecule has 0 spiro atoms. The molecule has 7 nitrogen and oxygen atoms in total. The van der Waals surface area contributed by atoms with E-state index in [0.717, 1.165) is 13.1 Å². The summed E-state index contributed by atoms with van der Waals surface area (Å²) in [6.07, 6.45) is 0.800. The van der Waals surface area contributed by atoms with Crippen LogP contribution in [0.15, 0.2) is 24.3 Å². The van der Waals surface area contributed by atoms with Crippen molar-refractivity contribution in [3.63, 3.8) is 0 Å². The Morgan fingerprint density at radius 1 is 0.960 bits per heavy atom. The van der Waals surface area contributed by atoms with Crippen LogP contribution in [0.5, 0.6) is 0 Å². The zero-order valence-corrected chi connectivity index (χ0v) is 14.2. The Morgan fingerprint density at radius 3 is 2.12 bits per heavy atom. The molecule has 134 valence electrons. The summed E-state index contributed by atoms with van der Waals surface area (Å²) < 4.78 is 0. The van der Waals surface area contributed by atoms with Crippen LogP contribution in [0.3, 0.4) is 0 Å². The topological polar surface area (TPSA) is 81.2 Å². The van der Waals surface area contributed by atoms with E-state index in [0.29, 0.717) is 43.6 Å². The van der Waals surface area contributed by atoms with Crippen molar-refractivity contribution in [1.29, 1.82) is 0 Å². The molecule has 0 bridgehead atoms. The highest BCUT2D eigenvalue weighted by Gasteiger charge is 2.34. The lowest BCUT2D eigenvalue weighted by Crippen LogP contribution is -2.49. The Balaban J connectivity index is 1.45. The lowest BCUT2D eigenvalue weighted by Gasteiger charge is -2.34. The van der Waals surface area contributed by atoms with Crippen LogP contribution in [0, 0.1) is 0 Å². The number of carbonyl (C=O) groups is 3. The third-order valence-corrected chi connectivity index (χ3v) is 4.79. The summed E-state index contributed by atoms with van der Waals surface area (Å²) in [4.78, 5) is 42.0. The van der Waals surface area contributed by atoms with Gasteiger partial charge in [-0.15, -0.1) is 0 Å². The molecular weight excluding hydrogens is 322 g/mol. The van der Waals surface area contributed by atoms with Crippen molar-refractivity contribution in [3.05, 3.63) is 35.4 Å². The molecule has 1 aromatic carbocycles. The Morgan fingerprint density at radius 2 is 1.56 bits per heavy atom. The van der Waals surface area contributed by atoms with Crippen LogP contribution < -0.4 is 0 Å². The summed E-state index contributed by atoms with van der Waals surface area (Å²) >= 11 is 0. The van der Waals surface area contributed by atoms with Gasteiger partial charge in [-0.2, -0.15) is 0 Å². The Hall–Kier alpha value is -2.25. The summed E-state index contributed by atoms with van der Waals surface area (Å²) in [5.74, 6) is -0.489. The van der Waals surface area contributed by atoms with E-state index in [1.54, 1.807) is 24.3 Å². The molecule has 0 saturated carbocycles. The number of amides is 3. The normalized spacial score (nSPS) is 18.0. The number of hydrogen-bond acceptors (Lipinski definition) is 5. The zero-order valence-electron chi connectivity index (χ0n) is 14.2. The lowest BCUT2D eigenvalue weighted by atomic mass is 10.1. The number of hydrogen-bond donors (Lipinski definition) is 1. The SMILES string of the molecule is O=C(CCCN1C(=O)c2ccccc2C1=O)N1CCN(CCO)CC1. The molecule has 2 aliphatic heterocycles. The number of nitrogens with zero attached hydrogens (tertiary/aromatic N) is 3. The van der Waals surface area contributed by atoms with Gasteiger partial charge in [-0.05, 0) is 18.6 Å². The molecule has 1 aromatic rings. The minimum Gasteiger partial charge on any atom is -0.395 e. The van der Waals surface area contributed by atoms with Gasteiger partial charge in [0.2, 0.25) is 5.91 Å². The van der Waals surface area contributed by atoms with E-state index in [9.17, 15) is 14.4 Å². The van der Waals surface area contributed by atoms with Gasteiger partial charge in [-0.3, -0.25) is 24.2 Å². The number of benzene rings is 1. The highest BCUT2D eigenvalue weighted by atomic mass is 16.3. The van der Waals surface area contributed by atoms with E-state index < -0.39 is 0 Å². The van der Waals surface area contributed by atoms with Crippen molar-refractivity contribution in [2.75, 3.05) is 45.9 Å². The number of β-amino-alcohol motifs (C(OH)–C–C–N with tert-alkyl or cyclic N) is 1. The summed E-state index contributed by atoms with van der Waals surface area (Å²) in [7, 11) is 0. The number of piperazine rings is 1. The van der Waals surface area contributed by atoms with Crippen molar-refractivity contribution in [1.82, 2.24) is 14.7 Å². The summed E-state index contributed by atoms with van der Waals surface area (Å²) in [6.45, 7) is 3.89. The van der Waals surface area contributed by atoms with Crippen molar-refractivity contribution >= 4 is 17.7 Å². The minimum atomic E-state index is -0.273. The molecule has 0 aromatic heterocycles. The van der Waals surface area contributed by atoms with Gasteiger partial charge < -0.3 is 10.0 Å². The molecule has 0 atom stereocenters. The number of imide groups is 1. The smallest absolute Gasteiger partial charge is 0.261 e. The molecule has 1 saturated heterocycles. The van der Waals surface area contributed by atoms with E-state index in [1.807, 2.05) is 4.90 Å². The molecule has 1 N–H and O–H groups in total. The lowest BCUT2D eigenvalue weighted by molar-refractivity contribution is -0.133. The Kier molecular flexibility index (Phi) is 5.45. The average molecular weight is 345 g/mol. The Bertz CT molecular complexity index is 633. The zero-order chi connectivity index (χ0) is 17.8. The molecule has 0 unspecified atom stereocenters. The van der Waals surface area contributed by atoms with E-state index in [-0.39, 0.29) is 30.9 Å². The number of aliphatic hydroxyl groups is 1. The van der Waals surface area contributed by atoms with Gasteiger partial charge in [0.05, 0.1) is 17.7 Å². The third-order valence-electron chi connectivity index (χ3n) is 4.79. The highest BCUT2D eigenvalue weighted by molar-refractivity contribution is 6.21. The molecule has 2 heterocycles. The molecule has 0 aliphatic carbocycles. The summed E-state index contributed by atoms with van der Waals surface area (Å²) in [5.41, 5.74) is 0.887. The summed E-state index contributed by atoms with van der Waals surface area (Å²) in [5, 5.41) is 8.94. The number of fused-ring (bicyclic) bond motifs is 1. The van der Waals surface area contributed by atoms with Gasteiger partial charge in [0.25, 0.3) is 11.8 Å². The molecule has 2 aliphatic rings. The van der Waals surface area contributed by atoms with Crippen molar-refractivity contribution in [2.45, 2.75) is 12.8 Å². The van der Waals surface area contributed by atoms with Crippen LogP contribution in [-0.2, 0) is 4.79 Å². The largest absolute Gasteiger partial charge is 0.395 e. The number of carbonyl (C=O) groups excluding carboxylic acids is 3. The van der Waals surface area contributed by atoms with Crippen LogP contribution in [0.25, 0.3) is 0 Å². The monoisotopic (exact) mass is 345 g/mol. The quantitative estimate of drug-likeness (QED) is 0.745. The first kappa shape index (κ1) is 17.6. The Labute approximate surface area is 146 Å². The maximum atomic E-state index is 12.3. The molecule has 1 fully saturated rings. The van der Waals surface area contributed by atoms with Gasteiger partial charge in [-0.1, -0.05) is 12.1 Å². The number of rotatable bonds is 6. The summed E-state index contributed by atoms with van der Waals surface area (Å²) in [6, 6.07) is 6.81. The molecule has 3 rings (SSSR count). The van der Waals surface area contributed by atoms with Crippen LogP contribution in [0.4, 0.5) is 0 Å². The average Bonchev–Trinajstić information content (AvgIpc) is 2.88. The standard InChI is InChI=1S/C18H23N3O4/c22-13-12-19-8-10-20(11-9-19)16(23)6-3-7-21-17(24)14-4-1-2-5-15(14)18(21)25/h1-2,4-5,22H,3,6-13H2. The fourth-order valence-corrected chi connectivity index (χ4v) is 3.35. The fourth-order valence-electron chi connectivity index (χ4n) is 3.35. The number of aliphatic hydroxyl groups excluding tert-OH is 1. The van der Waals surface area contributed by atoms with Gasteiger partial charge in [0, 0.05) is 45.7 Å². The first-order chi connectivity index (χ1) is 12.1. The first-order valence-electron chi connectivity index (χ1n) is 8.68. The predicted octanol–water partition coefficient (Wildman–Crippen LogP) is 0.199. The van der Waals surface area contributed by atoms with Crippen LogP contribution in [0.1, 0.15) is 33.6 Å². The first-order valence-corrected chi connectivity index (χ1v) is 8.68. The predicted molar refractivity (Wildman–Crippen MR) is 91.1 cm³/mol. The van der Waals surface area contributed by atoms with Crippen LogP contribution in [0.2, 0.25) is 0 Å². The minimum absolute atomic E-state index is 0.0558. The molecular formula is C18H23N3O4. The van der Waals surface area contributed by atoms with E-state index in [2.05, 4.69) is 4.90 Å². The van der Waals surface area contributed by atoms with E-state index >= 15 is 0 Å². The van der Waals surface area contributed by atoms with E-state index in [1.165, 1.54) is 4.90 Å². The molecule has 25 heavy (non-hydrogen) atoms. The van der Waals surface area contributed by atoms with Crippen molar-refractivity contribution in [2.24, 2.45) is 0 Å². The second-order valence-corrected chi connectivity index (χ2v) is 6.36. The van der Waals surface area contributed by atoms with Gasteiger partial charge in [-0.25, -0.2) is 0 Å². The third kappa shape index (κ3) is 3.72. The molecule has 0 radical (unpaired) electrons. The van der Waals surface area contributed by atoms with E-state index in [4.69, 9.17) is 5.11 Å². The van der Waals surface area contributed by atoms with Crippen LogP contribution in [-0.4, -0.2) is 83.4 Å². The maximum Gasteiger partial charge on any atom is 0.261 e. The maximum absolute atomic E-state index is 12.3. The van der Waals surface area contributed by atoms with Crippen molar-refractivity contribution in [3.8, 4) is 0 Å². The second kappa shape index (κ2) is 7.76. The molecule has 3 amide bonds. The second-order valence-electron chi connectivity index (χ2n) is 6.36. The van der Waals surface area contributed by atoms with Crippen molar-refractivity contribution < 1.29 is 19.5 Å². The van der Waals surface area contributed by atoms with Crippen LogP contribution >= 0.6 is 0 Å². The fraction of sp³-hybridized carbons (Fsp3) is 0.500. The van der Waals surface area contributed by atoms with Gasteiger partial charge in [0.1, 0.15) is 0 Å². The van der Waals surface area contributed by atoms with Gasteiger partial charge in [0.15, 0.2) is 0 Å². The van der Waals surface area contributed by atoms with Gasteiger partial charge >= 0.3 is 0 Å². The molecule has 7 heteroatoms.